The highest BCUT2D eigenvalue weighted by Crippen LogP contribution is 2.28. The number of allylic oxidation sites excluding steroid dienone is 1. The van der Waals surface area contributed by atoms with E-state index in [4.69, 9.17) is 11.6 Å². The molecule has 1 aromatic rings. The molecule has 74 valence electrons. The van der Waals surface area contributed by atoms with Gasteiger partial charge in [0.15, 0.2) is 0 Å². The molecule has 0 bridgehead atoms. The zero-order valence-corrected chi connectivity index (χ0v) is 9.52. The molecule has 0 unspecified atom stereocenters. The van der Waals surface area contributed by atoms with E-state index in [1.54, 1.807) is 0 Å². The molecular weight excluding hydrogens is 194 g/mol. The second-order valence-corrected chi connectivity index (χ2v) is 3.93. The predicted molar refractivity (Wildman–Crippen MR) is 64.6 cm³/mol. The topological polar surface area (TPSA) is 12.4 Å². The Bertz CT molecular complexity index is 388. The molecule has 1 nitrogen and oxygen atoms in total. The maximum atomic E-state index is 5.83. The minimum Gasteiger partial charge on any atom is -0.264 e. The normalized spacial score (nSPS) is 11.6. The lowest BCUT2D eigenvalue weighted by molar-refractivity contribution is 1.31. The second kappa shape index (κ2) is 4.43. The monoisotopic (exact) mass is 207 g/mol. The summed E-state index contributed by atoms with van der Waals surface area (Å²) in [7, 11) is 0. The van der Waals surface area contributed by atoms with Gasteiger partial charge in [0.05, 0.1) is 5.69 Å². The van der Waals surface area contributed by atoms with Crippen molar-refractivity contribution in [1.82, 2.24) is 0 Å². The van der Waals surface area contributed by atoms with Crippen LogP contribution in [0.2, 0.25) is 0 Å². The Hall–Kier alpha value is -1.08. The molecule has 0 saturated carbocycles. The van der Waals surface area contributed by atoms with Gasteiger partial charge in [0, 0.05) is 10.6 Å². The third kappa shape index (κ3) is 2.24. The van der Waals surface area contributed by atoms with Gasteiger partial charge in [-0.15, -0.1) is 0 Å². The van der Waals surface area contributed by atoms with Crippen LogP contribution in [0.25, 0.3) is 6.08 Å². The highest BCUT2D eigenvalue weighted by Gasteiger charge is 2.04. The van der Waals surface area contributed by atoms with Gasteiger partial charge in [-0.3, -0.25) is 4.99 Å². The highest BCUT2D eigenvalue weighted by molar-refractivity contribution is 6.31. The van der Waals surface area contributed by atoms with E-state index >= 15 is 0 Å². The van der Waals surface area contributed by atoms with Crippen molar-refractivity contribution in [2.45, 2.75) is 20.8 Å². The van der Waals surface area contributed by atoms with Gasteiger partial charge in [-0.05, 0) is 44.7 Å². The van der Waals surface area contributed by atoms with Crippen LogP contribution in [0.15, 0.2) is 22.2 Å². The van der Waals surface area contributed by atoms with Crippen molar-refractivity contribution >= 4 is 30.1 Å². The third-order valence-corrected chi connectivity index (χ3v) is 2.35. The fourth-order valence-corrected chi connectivity index (χ4v) is 1.48. The van der Waals surface area contributed by atoms with E-state index in [0.29, 0.717) is 0 Å². The number of hydrogen-bond donors (Lipinski definition) is 0. The van der Waals surface area contributed by atoms with Crippen molar-refractivity contribution in [3.05, 3.63) is 33.9 Å². The Morgan fingerprint density at radius 2 is 2.07 bits per heavy atom. The van der Waals surface area contributed by atoms with Crippen LogP contribution in [0.3, 0.4) is 0 Å². The first-order chi connectivity index (χ1) is 6.56. The fraction of sp³-hybridized carbons (Fsp3) is 0.250. The fourth-order valence-electron chi connectivity index (χ4n) is 1.36. The van der Waals surface area contributed by atoms with Crippen LogP contribution in [0.5, 0.6) is 0 Å². The summed E-state index contributed by atoms with van der Waals surface area (Å²) in [5.41, 5.74) is 4.32. The van der Waals surface area contributed by atoms with Crippen molar-refractivity contribution < 1.29 is 0 Å². The summed E-state index contributed by atoms with van der Waals surface area (Å²) >= 11 is 5.83. The minimum atomic E-state index is 0.748. The van der Waals surface area contributed by atoms with Gasteiger partial charge in [-0.1, -0.05) is 23.7 Å². The van der Waals surface area contributed by atoms with Gasteiger partial charge < -0.3 is 0 Å². The molecule has 0 atom stereocenters. The van der Waals surface area contributed by atoms with Gasteiger partial charge in [-0.2, -0.15) is 0 Å². The van der Waals surface area contributed by atoms with Gasteiger partial charge in [-0.25, -0.2) is 0 Å². The SMILES string of the molecule is C=Nc1c(/C=C(\C)Cl)ccc(C)c1C. The van der Waals surface area contributed by atoms with Crippen LogP contribution in [-0.4, -0.2) is 6.72 Å². The minimum absolute atomic E-state index is 0.748. The van der Waals surface area contributed by atoms with Crippen LogP contribution in [0, 0.1) is 13.8 Å². The molecule has 0 aliphatic carbocycles. The average Bonchev–Trinajstić information content (AvgIpc) is 2.11. The van der Waals surface area contributed by atoms with E-state index in [1.807, 2.05) is 26.0 Å². The standard InChI is InChI=1S/C12H14ClN/c1-8-5-6-11(7-9(2)13)12(14-4)10(8)3/h5-7H,4H2,1-3H3/b9-7+. The first-order valence-electron chi connectivity index (χ1n) is 4.47. The molecule has 2 heteroatoms. The summed E-state index contributed by atoms with van der Waals surface area (Å²) in [6.45, 7) is 9.53. The van der Waals surface area contributed by atoms with E-state index in [-0.39, 0.29) is 0 Å². The lowest BCUT2D eigenvalue weighted by atomic mass is 10.0. The molecule has 0 saturated heterocycles. The summed E-state index contributed by atoms with van der Waals surface area (Å²) in [6, 6.07) is 4.08. The molecule has 1 rings (SSSR count). The second-order valence-electron chi connectivity index (χ2n) is 3.33. The van der Waals surface area contributed by atoms with Crippen LogP contribution >= 0.6 is 11.6 Å². The van der Waals surface area contributed by atoms with Crippen molar-refractivity contribution in [1.29, 1.82) is 0 Å². The highest BCUT2D eigenvalue weighted by atomic mass is 35.5. The van der Waals surface area contributed by atoms with Gasteiger partial charge >= 0.3 is 0 Å². The van der Waals surface area contributed by atoms with Crippen LogP contribution in [0.1, 0.15) is 23.6 Å². The van der Waals surface area contributed by atoms with Gasteiger partial charge in [0.1, 0.15) is 0 Å². The van der Waals surface area contributed by atoms with E-state index in [2.05, 4.69) is 24.7 Å². The summed E-state index contributed by atoms with van der Waals surface area (Å²) in [5, 5.41) is 0.748. The summed E-state index contributed by atoms with van der Waals surface area (Å²) in [6.07, 6.45) is 1.90. The number of rotatable bonds is 2. The van der Waals surface area contributed by atoms with Crippen LogP contribution in [-0.2, 0) is 0 Å². The van der Waals surface area contributed by atoms with Crippen LogP contribution < -0.4 is 0 Å². The molecule has 1 aromatic carbocycles. The Balaban J connectivity index is 3.38. The van der Waals surface area contributed by atoms with Crippen molar-refractivity contribution in [3.63, 3.8) is 0 Å². The lowest BCUT2D eigenvalue weighted by Crippen LogP contribution is -1.85. The Labute approximate surface area is 90.1 Å². The van der Waals surface area contributed by atoms with Crippen molar-refractivity contribution in [2.24, 2.45) is 4.99 Å². The summed E-state index contributed by atoms with van der Waals surface area (Å²) in [5.74, 6) is 0. The van der Waals surface area contributed by atoms with Crippen molar-refractivity contribution in [3.8, 4) is 0 Å². The van der Waals surface area contributed by atoms with E-state index in [1.165, 1.54) is 5.56 Å². The molecular formula is C12H14ClN. The van der Waals surface area contributed by atoms with Crippen molar-refractivity contribution in [2.75, 3.05) is 0 Å². The molecule has 0 heterocycles. The predicted octanol–water partition coefficient (Wildman–Crippen LogP) is 4.24. The van der Waals surface area contributed by atoms with E-state index in [0.717, 1.165) is 21.8 Å². The smallest absolute Gasteiger partial charge is 0.0726 e. The maximum Gasteiger partial charge on any atom is 0.0726 e. The molecule has 0 radical (unpaired) electrons. The lowest BCUT2D eigenvalue weighted by Gasteiger charge is -2.07. The maximum absolute atomic E-state index is 5.83. The Morgan fingerprint density at radius 3 is 2.57 bits per heavy atom. The summed E-state index contributed by atoms with van der Waals surface area (Å²) in [4.78, 5) is 4.03. The van der Waals surface area contributed by atoms with E-state index < -0.39 is 0 Å². The molecule has 0 aliphatic rings. The number of halogens is 1. The molecule has 0 amide bonds. The quantitative estimate of drug-likeness (QED) is 0.644. The number of aryl methyl sites for hydroxylation is 1. The first-order valence-corrected chi connectivity index (χ1v) is 4.84. The molecule has 0 aliphatic heterocycles. The molecule has 0 aromatic heterocycles. The average molecular weight is 208 g/mol. The molecule has 0 spiro atoms. The largest absolute Gasteiger partial charge is 0.264 e. The molecule has 0 fully saturated rings. The molecule has 14 heavy (non-hydrogen) atoms. The Morgan fingerprint density at radius 1 is 1.43 bits per heavy atom. The number of aliphatic imine (C=N–C) groups is 1. The van der Waals surface area contributed by atoms with Gasteiger partial charge in [0.25, 0.3) is 0 Å². The number of nitrogens with zero attached hydrogens (tertiary/aromatic N) is 1. The van der Waals surface area contributed by atoms with E-state index in [9.17, 15) is 0 Å². The number of benzene rings is 1. The van der Waals surface area contributed by atoms with Crippen LogP contribution in [0.4, 0.5) is 5.69 Å². The zero-order chi connectivity index (χ0) is 10.7. The number of hydrogen-bond acceptors (Lipinski definition) is 1. The van der Waals surface area contributed by atoms with Gasteiger partial charge in [0.2, 0.25) is 0 Å². The Kier molecular flexibility index (Phi) is 3.48. The summed E-state index contributed by atoms with van der Waals surface area (Å²) < 4.78 is 0. The third-order valence-electron chi connectivity index (χ3n) is 2.25. The molecule has 0 N–H and O–H groups in total. The first kappa shape index (κ1) is 11.0. The zero-order valence-electron chi connectivity index (χ0n) is 8.76.